The van der Waals surface area contributed by atoms with Crippen molar-refractivity contribution < 1.29 is 9.53 Å². The minimum Gasteiger partial charge on any atom is -0.443 e. The molecule has 5 fully saturated rings. The third kappa shape index (κ3) is 0.894. The molecule has 5 saturated carbocycles. The monoisotopic (exact) mass is 221 g/mol. The van der Waals surface area contributed by atoms with Crippen LogP contribution in [0, 0.1) is 29.1 Å². The summed E-state index contributed by atoms with van der Waals surface area (Å²) in [6.07, 6.45) is 5.46. The van der Waals surface area contributed by atoms with Gasteiger partial charge < -0.3 is 10.5 Å². The minimum absolute atomic E-state index is 0.168. The summed E-state index contributed by atoms with van der Waals surface area (Å²) in [6.45, 7) is 2.39. The molecular weight excluding hydrogens is 202 g/mol. The highest BCUT2D eigenvalue weighted by atomic mass is 16.6. The van der Waals surface area contributed by atoms with Crippen molar-refractivity contribution >= 4 is 6.09 Å². The van der Waals surface area contributed by atoms with Gasteiger partial charge in [0, 0.05) is 0 Å². The van der Waals surface area contributed by atoms with Gasteiger partial charge in [0.1, 0.15) is 5.60 Å². The van der Waals surface area contributed by atoms with E-state index in [0.29, 0.717) is 5.41 Å². The summed E-state index contributed by atoms with van der Waals surface area (Å²) in [5.74, 6) is 3.42. The van der Waals surface area contributed by atoms with Crippen LogP contribution in [0.25, 0.3) is 0 Å². The van der Waals surface area contributed by atoms with Crippen molar-refractivity contribution in [1.29, 1.82) is 0 Å². The summed E-state index contributed by atoms with van der Waals surface area (Å²) in [7, 11) is 0. The van der Waals surface area contributed by atoms with Crippen LogP contribution in [0.5, 0.6) is 0 Å². The molecule has 4 unspecified atom stereocenters. The molecule has 6 atom stereocenters. The number of hydrogen-bond acceptors (Lipinski definition) is 2. The number of hydrogen-bond donors (Lipinski definition) is 1. The summed E-state index contributed by atoms with van der Waals surface area (Å²) in [4.78, 5) is 11.1. The fraction of sp³-hybridized carbons (Fsp3) is 0.923. The standard InChI is InChI=1S/C13H19NO2/c1-7-10-9-2-8-3-12(5-9,16-11(14)15)6-13(7,10)4-8/h7-10H,2-6H2,1H3,(H2,14,15)/t7?,8?,9?,10-,12-,13?/m0/s1. The fourth-order valence-electron chi connectivity index (χ4n) is 6.01. The highest BCUT2D eigenvalue weighted by molar-refractivity contribution is 5.65. The first-order valence-corrected chi connectivity index (χ1v) is 6.53. The van der Waals surface area contributed by atoms with Crippen molar-refractivity contribution in [3.63, 3.8) is 0 Å². The first kappa shape index (κ1) is 9.32. The lowest BCUT2D eigenvalue weighted by Crippen LogP contribution is -2.54. The van der Waals surface area contributed by atoms with Crippen LogP contribution >= 0.6 is 0 Å². The van der Waals surface area contributed by atoms with Crippen LogP contribution in [0.3, 0.4) is 0 Å². The molecule has 0 aromatic rings. The van der Waals surface area contributed by atoms with E-state index in [1.54, 1.807) is 0 Å². The summed E-state index contributed by atoms with van der Waals surface area (Å²) < 4.78 is 5.53. The quantitative estimate of drug-likeness (QED) is 0.738. The first-order chi connectivity index (χ1) is 7.55. The van der Waals surface area contributed by atoms with E-state index < -0.39 is 6.09 Å². The average Bonchev–Trinajstić information content (AvgIpc) is 2.66. The van der Waals surface area contributed by atoms with Gasteiger partial charge in [0.2, 0.25) is 0 Å². The van der Waals surface area contributed by atoms with E-state index >= 15 is 0 Å². The highest BCUT2D eigenvalue weighted by Crippen LogP contribution is 2.79. The molecule has 1 amide bonds. The second-order valence-corrected chi connectivity index (χ2v) is 6.80. The molecular formula is C13H19NO2. The molecule has 0 aromatic heterocycles. The van der Waals surface area contributed by atoms with E-state index in [0.717, 1.165) is 42.9 Å². The Hall–Kier alpha value is -0.730. The van der Waals surface area contributed by atoms with Crippen molar-refractivity contribution in [3.05, 3.63) is 0 Å². The van der Waals surface area contributed by atoms with Crippen LogP contribution in [-0.2, 0) is 4.74 Å². The highest BCUT2D eigenvalue weighted by Gasteiger charge is 2.75. The van der Waals surface area contributed by atoms with Crippen LogP contribution in [0.2, 0.25) is 0 Å². The lowest BCUT2D eigenvalue weighted by molar-refractivity contribution is -0.130. The molecule has 1 spiro atoms. The maximum Gasteiger partial charge on any atom is 0.405 e. The Balaban J connectivity index is 1.71. The number of carbonyl (C=O) groups is 1. The Labute approximate surface area is 95.7 Å². The molecule has 16 heavy (non-hydrogen) atoms. The lowest BCUT2D eigenvalue weighted by atomic mass is 9.54. The maximum atomic E-state index is 11.1. The summed E-state index contributed by atoms with van der Waals surface area (Å²) >= 11 is 0. The number of ether oxygens (including phenoxy) is 1. The van der Waals surface area contributed by atoms with E-state index in [4.69, 9.17) is 10.5 Å². The van der Waals surface area contributed by atoms with E-state index in [9.17, 15) is 4.79 Å². The van der Waals surface area contributed by atoms with E-state index in [2.05, 4.69) is 6.92 Å². The molecule has 3 heteroatoms. The van der Waals surface area contributed by atoms with Gasteiger partial charge in [-0.25, -0.2) is 4.79 Å². The van der Waals surface area contributed by atoms with Gasteiger partial charge in [0.25, 0.3) is 0 Å². The van der Waals surface area contributed by atoms with Crippen LogP contribution in [-0.4, -0.2) is 11.7 Å². The van der Waals surface area contributed by atoms with Crippen LogP contribution < -0.4 is 5.73 Å². The van der Waals surface area contributed by atoms with Crippen LogP contribution in [0.4, 0.5) is 4.79 Å². The SMILES string of the molecule is CC1[C@H]2C3CC4CC12C[C@](OC(N)=O)(C4)C3. The van der Waals surface area contributed by atoms with Gasteiger partial charge in [-0.1, -0.05) is 6.92 Å². The Bertz CT molecular complexity index is 382. The van der Waals surface area contributed by atoms with E-state index in [1.807, 2.05) is 0 Å². The molecule has 4 bridgehead atoms. The fourth-order valence-corrected chi connectivity index (χ4v) is 6.01. The second-order valence-electron chi connectivity index (χ2n) is 6.80. The van der Waals surface area contributed by atoms with Gasteiger partial charge in [-0.2, -0.15) is 0 Å². The van der Waals surface area contributed by atoms with Gasteiger partial charge in [-0.3, -0.25) is 0 Å². The normalized spacial score (nSPS) is 60.6. The Morgan fingerprint density at radius 3 is 2.88 bits per heavy atom. The van der Waals surface area contributed by atoms with Gasteiger partial charge in [-0.15, -0.1) is 0 Å². The van der Waals surface area contributed by atoms with Crippen molar-refractivity contribution in [3.8, 4) is 0 Å². The van der Waals surface area contributed by atoms with E-state index in [1.165, 1.54) is 12.8 Å². The van der Waals surface area contributed by atoms with Crippen molar-refractivity contribution in [2.75, 3.05) is 0 Å². The third-order valence-electron chi connectivity index (χ3n) is 6.08. The zero-order valence-corrected chi connectivity index (χ0v) is 9.74. The van der Waals surface area contributed by atoms with Crippen molar-refractivity contribution in [2.45, 2.75) is 44.6 Å². The lowest BCUT2D eigenvalue weighted by Gasteiger charge is -2.55. The van der Waals surface area contributed by atoms with Gasteiger partial charge in [0.15, 0.2) is 0 Å². The largest absolute Gasteiger partial charge is 0.443 e. The molecule has 0 aliphatic heterocycles. The van der Waals surface area contributed by atoms with Crippen molar-refractivity contribution in [1.82, 2.24) is 0 Å². The number of amides is 1. The van der Waals surface area contributed by atoms with Gasteiger partial charge in [0.05, 0.1) is 0 Å². The molecule has 88 valence electrons. The summed E-state index contributed by atoms with van der Waals surface area (Å²) in [5.41, 5.74) is 5.62. The zero-order valence-electron chi connectivity index (χ0n) is 9.74. The minimum atomic E-state index is -0.566. The molecule has 3 nitrogen and oxygen atoms in total. The van der Waals surface area contributed by atoms with Crippen molar-refractivity contribution in [2.24, 2.45) is 34.8 Å². The predicted molar refractivity (Wildman–Crippen MR) is 58.6 cm³/mol. The topological polar surface area (TPSA) is 52.3 Å². The second kappa shape index (κ2) is 2.41. The predicted octanol–water partition coefficient (Wildman–Crippen LogP) is 2.30. The Morgan fingerprint density at radius 1 is 1.38 bits per heavy atom. The van der Waals surface area contributed by atoms with Gasteiger partial charge >= 0.3 is 6.09 Å². The van der Waals surface area contributed by atoms with Crippen LogP contribution in [0.1, 0.15) is 39.0 Å². The van der Waals surface area contributed by atoms with Gasteiger partial charge in [-0.05, 0) is 61.2 Å². The molecule has 0 saturated heterocycles. The third-order valence-corrected chi connectivity index (χ3v) is 6.08. The summed E-state index contributed by atoms with van der Waals surface area (Å²) in [5, 5.41) is 0. The number of rotatable bonds is 1. The number of nitrogens with two attached hydrogens (primary N) is 1. The molecule has 0 radical (unpaired) electrons. The molecule has 2 N–H and O–H groups in total. The number of carbonyl (C=O) groups excluding carboxylic acids is 1. The zero-order chi connectivity index (χ0) is 11.1. The summed E-state index contributed by atoms with van der Waals surface area (Å²) in [6, 6.07) is 0. The number of primary amides is 1. The molecule has 5 rings (SSSR count). The smallest absolute Gasteiger partial charge is 0.405 e. The molecule has 0 aromatic carbocycles. The van der Waals surface area contributed by atoms with Crippen LogP contribution in [0.15, 0.2) is 0 Å². The average molecular weight is 221 g/mol. The van der Waals surface area contributed by atoms with E-state index in [-0.39, 0.29) is 5.60 Å². The first-order valence-electron chi connectivity index (χ1n) is 6.53. The molecule has 0 heterocycles. The Kier molecular flexibility index (Phi) is 1.40. The molecule has 5 aliphatic rings. The Morgan fingerprint density at radius 2 is 2.19 bits per heavy atom. The maximum absolute atomic E-state index is 11.1. The molecule has 5 aliphatic carbocycles.